The maximum Gasteiger partial charge on any atom is 0.171 e. The van der Waals surface area contributed by atoms with Crippen LogP contribution >= 0.6 is 0 Å². The molecule has 0 aliphatic heterocycles. The normalized spacial score (nSPS) is 12.2. The molecule has 4 aromatic rings. The van der Waals surface area contributed by atoms with E-state index in [1.807, 2.05) is 27.0 Å². The highest BCUT2D eigenvalue weighted by Gasteiger charge is 2.26. The van der Waals surface area contributed by atoms with E-state index in [1.54, 1.807) is 12.4 Å². The molecule has 3 heterocycles. The van der Waals surface area contributed by atoms with Crippen molar-refractivity contribution in [1.29, 1.82) is 0 Å². The van der Waals surface area contributed by atoms with Crippen molar-refractivity contribution >= 4 is 27.9 Å². The van der Waals surface area contributed by atoms with E-state index in [0.29, 0.717) is 16.7 Å². The topological polar surface area (TPSA) is 74.4 Å². The Morgan fingerprint density at radius 2 is 1.92 bits per heavy atom. The highest BCUT2D eigenvalue weighted by molar-refractivity contribution is 6.08. The van der Waals surface area contributed by atoms with E-state index in [9.17, 15) is 4.79 Å². The molecule has 3 aromatic heterocycles. The third-order valence-corrected chi connectivity index (χ3v) is 4.42. The number of ketones is 1. The summed E-state index contributed by atoms with van der Waals surface area (Å²) in [6.07, 6.45) is 5.39. The largest absolute Gasteiger partial charge is 0.360 e. The van der Waals surface area contributed by atoms with Crippen molar-refractivity contribution in [2.75, 3.05) is 0 Å². The number of hydrogen-bond donors (Lipinski definition) is 2. The van der Waals surface area contributed by atoms with Gasteiger partial charge in [0.1, 0.15) is 5.52 Å². The van der Waals surface area contributed by atoms with Crippen LogP contribution in [0.15, 0.2) is 36.8 Å². The van der Waals surface area contributed by atoms with E-state index >= 15 is 0 Å². The molecule has 0 aliphatic carbocycles. The number of H-pyrrole nitrogens is 2. The van der Waals surface area contributed by atoms with Gasteiger partial charge in [-0.15, -0.1) is 0 Å². The van der Waals surface area contributed by atoms with Crippen molar-refractivity contribution in [3.63, 3.8) is 0 Å². The van der Waals surface area contributed by atoms with Gasteiger partial charge in [0, 0.05) is 34.3 Å². The predicted molar refractivity (Wildman–Crippen MR) is 99.7 cm³/mol. The van der Waals surface area contributed by atoms with Gasteiger partial charge in [0.15, 0.2) is 11.4 Å². The van der Waals surface area contributed by atoms with E-state index < -0.39 is 5.41 Å². The van der Waals surface area contributed by atoms with Crippen LogP contribution in [-0.2, 0) is 0 Å². The number of aryl methyl sites for hydroxylation is 1. The quantitative estimate of drug-likeness (QED) is 0.525. The van der Waals surface area contributed by atoms with Crippen LogP contribution in [0.3, 0.4) is 0 Å². The molecular weight excluding hydrogens is 312 g/mol. The SMILES string of the molecule is Cc1ccc2c(-c3cnc4[nH]cc(C(=O)C(C)(C)C)c4n3)c[nH]c2c1. The molecule has 0 aliphatic rings. The second-order valence-electron chi connectivity index (χ2n) is 7.49. The first kappa shape index (κ1) is 15.6. The lowest BCUT2D eigenvalue weighted by Gasteiger charge is -2.15. The minimum absolute atomic E-state index is 0.0553. The fraction of sp³-hybridized carbons (Fsp3) is 0.250. The van der Waals surface area contributed by atoms with Crippen molar-refractivity contribution in [2.45, 2.75) is 27.7 Å². The number of hydrogen-bond acceptors (Lipinski definition) is 3. The van der Waals surface area contributed by atoms with Gasteiger partial charge in [-0.25, -0.2) is 9.97 Å². The van der Waals surface area contributed by atoms with Crippen LogP contribution in [-0.4, -0.2) is 25.7 Å². The molecule has 0 saturated heterocycles. The van der Waals surface area contributed by atoms with E-state index in [0.717, 1.165) is 22.2 Å². The second-order valence-corrected chi connectivity index (χ2v) is 7.49. The molecule has 4 rings (SSSR count). The minimum Gasteiger partial charge on any atom is -0.360 e. The van der Waals surface area contributed by atoms with Crippen molar-refractivity contribution in [2.24, 2.45) is 5.41 Å². The van der Waals surface area contributed by atoms with Gasteiger partial charge >= 0.3 is 0 Å². The van der Waals surface area contributed by atoms with Crippen LogP contribution in [0.1, 0.15) is 36.7 Å². The zero-order valence-corrected chi connectivity index (χ0v) is 14.8. The molecule has 5 heteroatoms. The summed E-state index contributed by atoms with van der Waals surface area (Å²) in [5, 5.41) is 1.10. The van der Waals surface area contributed by atoms with Crippen molar-refractivity contribution in [3.05, 3.63) is 47.9 Å². The van der Waals surface area contributed by atoms with Gasteiger partial charge in [-0.2, -0.15) is 0 Å². The van der Waals surface area contributed by atoms with Crippen LogP contribution in [0.25, 0.3) is 33.3 Å². The summed E-state index contributed by atoms with van der Waals surface area (Å²) in [6, 6.07) is 6.27. The molecule has 1 aromatic carbocycles. The number of carbonyl (C=O) groups excluding carboxylic acids is 1. The zero-order chi connectivity index (χ0) is 17.8. The van der Waals surface area contributed by atoms with Crippen LogP contribution in [0.2, 0.25) is 0 Å². The van der Waals surface area contributed by atoms with Gasteiger partial charge in [0.2, 0.25) is 0 Å². The number of rotatable bonds is 2. The molecule has 0 bridgehead atoms. The third-order valence-electron chi connectivity index (χ3n) is 4.42. The lowest BCUT2D eigenvalue weighted by molar-refractivity contribution is 0.0860. The van der Waals surface area contributed by atoms with Gasteiger partial charge < -0.3 is 9.97 Å². The fourth-order valence-electron chi connectivity index (χ4n) is 3.05. The molecule has 0 amide bonds. The van der Waals surface area contributed by atoms with Crippen LogP contribution < -0.4 is 0 Å². The number of Topliss-reactive ketones (excluding diaryl/α,β-unsaturated/α-hetero) is 1. The first-order chi connectivity index (χ1) is 11.8. The molecule has 0 saturated carbocycles. The number of carbonyl (C=O) groups is 1. The highest BCUT2D eigenvalue weighted by Crippen LogP contribution is 2.30. The number of nitrogens with zero attached hydrogens (tertiary/aromatic N) is 2. The molecule has 0 unspecified atom stereocenters. The first-order valence-corrected chi connectivity index (χ1v) is 8.31. The Kier molecular flexibility index (Phi) is 3.29. The first-order valence-electron chi connectivity index (χ1n) is 8.31. The average molecular weight is 332 g/mol. The molecule has 0 atom stereocenters. The Bertz CT molecular complexity index is 1110. The Labute approximate surface area is 145 Å². The van der Waals surface area contributed by atoms with Crippen molar-refractivity contribution < 1.29 is 4.79 Å². The average Bonchev–Trinajstić information content (AvgIpc) is 3.15. The zero-order valence-electron chi connectivity index (χ0n) is 14.8. The molecule has 5 nitrogen and oxygen atoms in total. The molecule has 126 valence electrons. The van der Waals surface area contributed by atoms with Crippen molar-refractivity contribution in [1.82, 2.24) is 19.9 Å². The number of benzene rings is 1. The van der Waals surface area contributed by atoms with Gasteiger partial charge in [-0.1, -0.05) is 32.9 Å². The van der Waals surface area contributed by atoms with E-state index in [-0.39, 0.29) is 5.78 Å². The summed E-state index contributed by atoms with van der Waals surface area (Å²) in [7, 11) is 0. The molecule has 0 fully saturated rings. The number of fused-ring (bicyclic) bond motifs is 2. The van der Waals surface area contributed by atoms with Gasteiger partial charge in [-0.3, -0.25) is 4.79 Å². The summed E-state index contributed by atoms with van der Waals surface area (Å²) in [5.74, 6) is 0.0553. The van der Waals surface area contributed by atoms with E-state index in [1.165, 1.54) is 5.56 Å². The number of aromatic amines is 2. The Morgan fingerprint density at radius 3 is 2.68 bits per heavy atom. The summed E-state index contributed by atoms with van der Waals surface area (Å²) < 4.78 is 0. The fourth-order valence-corrected chi connectivity index (χ4v) is 3.05. The van der Waals surface area contributed by atoms with Gasteiger partial charge in [0.05, 0.1) is 17.5 Å². The summed E-state index contributed by atoms with van der Waals surface area (Å²) in [6.45, 7) is 7.80. The molecular formula is C20H20N4O. The molecule has 2 N–H and O–H groups in total. The smallest absolute Gasteiger partial charge is 0.171 e. The van der Waals surface area contributed by atoms with Crippen molar-refractivity contribution in [3.8, 4) is 11.3 Å². The van der Waals surface area contributed by atoms with Crippen LogP contribution in [0.4, 0.5) is 0 Å². The Hall–Kier alpha value is -2.95. The van der Waals surface area contributed by atoms with Crippen LogP contribution in [0.5, 0.6) is 0 Å². The number of nitrogens with one attached hydrogen (secondary N) is 2. The van der Waals surface area contributed by atoms with E-state index in [4.69, 9.17) is 4.98 Å². The lowest BCUT2D eigenvalue weighted by atomic mass is 9.87. The minimum atomic E-state index is -0.467. The van der Waals surface area contributed by atoms with Gasteiger partial charge in [-0.05, 0) is 18.6 Å². The maximum absolute atomic E-state index is 12.7. The highest BCUT2D eigenvalue weighted by atomic mass is 16.1. The Balaban J connectivity index is 1.90. The summed E-state index contributed by atoms with van der Waals surface area (Å²) in [4.78, 5) is 28.3. The lowest BCUT2D eigenvalue weighted by Crippen LogP contribution is -2.20. The van der Waals surface area contributed by atoms with E-state index in [2.05, 4.69) is 40.1 Å². The second kappa shape index (κ2) is 5.28. The maximum atomic E-state index is 12.7. The number of aromatic nitrogens is 4. The summed E-state index contributed by atoms with van der Waals surface area (Å²) in [5.41, 5.74) is 5.39. The summed E-state index contributed by atoms with van der Waals surface area (Å²) >= 11 is 0. The standard InChI is InChI=1S/C20H20N4O/c1-11-5-6-12-13(8-21-15(12)7-11)16-10-23-19-17(24-16)14(9-22-19)18(25)20(2,3)4/h5-10,21H,1-4H3,(H,22,23). The van der Waals surface area contributed by atoms with Gasteiger partial charge in [0.25, 0.3) is 0 Å². The molecule has 0 radical (unpaired) electrons. The predicted octanol–water partition coefficient (Wildman–Crippen LogP) is 4.64. The monoisotopic (exact) mass is 332 g/mol. The Morgan fingerprint density at radius 1 is 1.12 bits per heavy atom. The van der Waals surface area contributed by atoms with Crippen LogP contribution in [0, 0.1) is 12.3 Å². The molecule has 25 heavy (non-hydrogen) atoms. The third kappa shape index (κ3) is 2.52. The molecule has 0 spiro atoms.